The van der Waals surface area contributed by atoms with E-state index in [1.54, 1.807) is 7.11 Å². The summed E-state index contributed by atoms with van der Waals surface area (Å²) in [5, 5.41) is 5.79. The minimum absolute atomic E-state index is 0.860. The molecule has 0 spiro atoms. The molecule has 138 valence electrons. The molecule has 1 saturated heterocycles. The van der Waals surface area contributed by atoms with Gasteiger partial charge in [0.25, 0.3) is 0 Å². The summed E-state index contributed by atoms with van der Waals surface area (Å²) in [6, 6.07) is 20.9. The third-order valence-corrected chi connectivity index (χ3v) is 4.99. The van der Waals surface area contributed by atoms with Gasteiger partial charge in [0.1, 0.15) is 11.6 Å². The van der Waals surface area contributed by atoms with Crippen LogP contribution in [0.25, 0.3) is 10.8 Å². The highest BCUT2D eigenvalue weighted by atomic mass is 16.5. The van der Waals surface area contributed by atoms with E-state index < -0.39 is 0 Å². The number of aliphatic imine (C=N–C) groups is 1. The van der Waals surface area contributed by atoms with E-state index in [-0.39, 0.29) is 0 Å². The smallest absolute Gasteiger partial charge is 0.141 e. The highest BCUT2D eigenvalue weighted by Gasteiger charge is 2.22. The zero-order valence-corrected chi connectivity index (χ0v) is 15.9. The molecule has 0 amide bonds. The number of fused-ring (bicyclic) bond motifs is 1. The largest absolute Gasteiger partial charge is 0.496 e. The molecule has 0 aliphatic carbocycles. The van der Waals surface area contributed by atoms with Crippen LogP contribution in [0.1, 0.15) is 11.1 Å². The van der Waals surface area contributed by atoms with E-state index in [0.29, 0.717) is 0 Å². The fraction of sp³-hybridized carbons (Fsp3) is 0.261. The number of amidine groups is 1. The summed E-state index contributed by atoms with van der Waals surface area (Å²) in [6.07, 6.45) is 0. The van der Waals surface area contributed by atoms with Crippen LogP contribution in [0.3, 0.4) is 0 Å². The normalized spacial score (nSPS) is 15.2. The Labute approximate surface area is 160 Å². The van der Waals surface area contributed by atoms with E-state index in [1.807, 2.05) is 6.07 Å². The zero-order chi connectivity index (χ0) is 18.6. The van der Waals surface area contributed by atoms with Gasteiger partial charge in [-0.05, 0) is 41.5 Å². The molecule has 3 aromatic rings. The SMILES string of the molecule is COc1ccc2ccccc2c1C(=Nc1cccc(C)c1)N1CCNCC1. The van der Waals surface area contributed by atoms with Crippen LogP contribution in [0.5, 0.6) is 5.75 Å². The van der Waals surface area contributed by atoms with Crippen molar-refractivity contribution in [2.75, 3.05) is 33.3 Å². The van der Waals surface area contributed by atoms with E-state index in [2.05, 4.69) is 71.7 Å². The monoisotopic (exact) mass is 359 g/mol. The van der Waals surface area contributed by atoms with Crippen molar-refractivity contribution < 1.29 is 4.74 Å². The first-order valence-electron chi connectivity index (χ1n) is 9.43. The van der Waals surface area contributed by atoms with Crippen molar-refractivity contribution in [2.45, 2.75) is 6.92 Å². The summed E-state index contributed by atoms with van der Waals surface area (Å²) in [4.78, 5) is 7.47. The number of ether oxygens (including phenoxy) is 1. The zero-order valence-electron chi connectivity index (χ0n) is 15.9. The lowest BCUT2D eigenvalue weighted by molar-refractivity contribution is 0.356. The third-order valence-electron chi connectivity index (χ3n) is 4.99. The Morgan fingerprint density at radius 2 is 1.81 bits per heavy atom. The number of nitrogens with one attached hydrogen (secondary N) is 1. The number of hydrogen-bond acceptors (Lipinski definition) is 3. The second kappa shape index (κ2) is 7.80. The fourth-order valence-electron chi connectivity index (χ4n) is 3.63. The molecule has 1 heterocycles. The van der Waals surface area contributed by atoms with Gasteiger partial charge < -0.3 is 15.0 Å². The molecule has 0 bridgehead atoms. The Morgan fingerprint density at radius 1 is 1.00 bits per heavy atom. The molecule has 0 unspecified atom stereocenters. The lowest BCUT2D eigenvalue weighted by Crippen LogP contribution is -2.46. The van der Waals surface area contributed by atoms with E-state index >= 15 is 0 Å². The molecule has 1 fully saturated rings. The number of methoxy groups -OCH3 is 1. The summed E-state index contributed by atoms with van der Waals surface area (Å²) in [7, 11) is 1.73. The molecule has 4 nitrogen and oxygen atoms in total. The van der Waals surface area contributed by atoms with Crippen molar-refractivity contribution in [3.63, 3.8) is 0 Å². The summed E-state index contributed by atoms with van der Waals surface area (Å²) >= 11 is 0. The molecule has 1 aliphatic heterocycles. The number of benzene rings is 3. The maximum absolute atomic E-state index is 5.76. The predicted molar refractivity (Wildman–Crippen MR) is 112 cm³/mol. The molecule has 3 aromatic carbocycles. The van der Waals surface area contributed by atoms with Crippen molar-refractivity contribution in [1.29, 1.82) is 0 Å². The Kier molecular flexibility index (Phi) is 5.07. The van der Waals surface area contributed by atoms with E-state index in [4.69, 9.17) is 9.73 Å². The molecular weight excluding hydrogens is 334 g/mol. The predicted octanol–water partition coefficient (Wildman–Crippen LogP) is 4.14. The number of rotatable bonds is 3. The van der Waals surface area contributed by atoms with Gasteiger partial charge in [0.05, 0.1) is 18.4 Å². The van der Waals surface area contributed by atoms with Gasteiger partial charge >= 0.3 is 0 Å². The van der Waals surface area contributed by atoms with Gasteiger partial charge in [0.2, 0.25) is 0 Å². The van der Waals surface area contributed by atoms with Crippen molar-refractivity contribution in [1.82, 2.24) is 10.2 Å². The minimum atomic E-state index is 0.860. The summed E-state index contributed by atoms with van der Waals surface area (Å²) in [6.45, 7) is 5.87. The Balaban J connectivity index is 1.94. The van der Waals surface area contributed by atoms with Crippen molar-refractivity contribution in [3.8, 4) is 5.75 Å². The summed E-state index contributed by atoms with van der Waals surface area (Å²) in [5.74, 6) is 1.84. The van der Waals surface area contributed by atoms with Gasteiger partial charge in [-0.15, -0.1) is 0 Å². The first-order chi connectivity index (χ1) is 13.3. The summed E-state index contributed by atoms with van der Waals surface area (Å²) in [5.41, 5.74) is 3.25. The van der Waals surface area contributed by atoms with Crippen molar-refractivity contribution in [2.24, 2.45) is 4.99 Å². The Hall–Kier alpha value is -2.85. The molecule has 1 aliphatic rings. The third kappa shape index (κ3) is 3.67. The van der Waals surface area contributed by atoms with E-state index in [1.165, 1.54) is 16.3 Å². The summed E-state index contributed by atoms with van der Waals surface area (Å²) < 4.78 is 5.76. The van der Waals surface area contributed by atoms with Crippen LogP contribution in [0.2, 0.25) is 0 Å². The van der Waals surface area contributed by atoms with Gasteiger partial charge in [-0.3, -0.25) is 0 Å². The number of nitrogens with zero attached hydrogens (tertiary/aromatic N) is 2. The lowest BCUT2D eigenvalue weighted by atomic mass is 10.0. The maximum Gasteiger partial charge on any atom is 0.141 e. The van der Waals surface area contributed by atoms with Crippen LogP contribution in [0.4, 0.5) is 5.69 Å². The van der Waals surface area contributed by atoms with Crippen molar-refractivity contribution in [3.05, 3.63) is 71.8 Å². The number of aryl methyl sites for hydroxylation is 1. The quantitative estimate of drug-likeness (QED) is 0.564. The second-order valence-electron chi connectivity index (χ2n) is 6.88. The molecule has 0 atom stereocenters. The Bertz CT molecular complexity index is 974. The van der Waals surface area contributed by atoms with Crippen LogP contribution in [0, 0.1) is 6.92 Å². The molecule has 0 saturated carbocycles. The van der Waals surface area contributed by atoms with Crippen LogP contribution < -0.4 is 10.1 Å². The van der Waals surface area contributed by atoms with Crippen molar-refractivity contribution >= 4 is 22.3 Å². The first-order valence-corrected chi connectivity index (χ1v) is 9.43. The second-order valence-corrected chi connectivity index (χ2v) is 6.88. The minimum Gasteiger partial charge on any atom is -0.496 e. The molecule has 0 aromatic heterocycles. The van der Waals surface area contributed by atoms with Gasteiger partial charge in [0, 0.05) is 26.2 Å². The standard InChI is InChI=1S/C23H25N3O/c1-17-6-5-8-19(16-17)25-23(26-14-12-24-13-15-26)22-20-9-4-3-7-18(20)10-11-21(22)27-2/h3-11,16,24H,12-15H2,1-2H3. The molecule has 1 N–H and O–H groups in total. The highest BCUT2D eigenvalue weighted by Crippen LogP contribution is 2.31. The van der Waals surface area contributed by atoms with Gasteiger partial charge in [0.15, 0.2) is 0 Å². The average molecular weight is 359 g/mol. The highest BCUT2D eigenvalue weighted by molar-refractivity contribution is 6.13. The van der Waals surface area contributed by atoms with Gasteiger partial charge in [-0.2, -0.15) is 0 Å². The Morgan fingerprint density at radius 3 is 2.59 bits per heavy atom. The average Bonchev–Trinajstić information content (AvgIpc) is 2.72. The molecule has 0 radical (unpaired) electrons. The van der Waals surface area contributed by atoms with Crippen LogP contribution in [0.15, 0.2) is 65.7 Å². The van der Waals surface area contributed by atoms with Crippen LogP contribution >= 0.6 is 0 Å². The molecule has 4 heteroatoms. The molecule has 27 heavy (non-hydrogen) atoms. The fourth-order valence-corrected chi connectivity index (χ4v) is 3.63. The van der Waals surface area contributed by atoms with Crippen LogP contribution in [-0.2, 0) is 0 Å². The number of hydrogen-bond donors (Lipinski definition) is 1. The topological polar surface area (TPSA) is 36.9 Å². The lowest BCUT2D eigenvalue weighted by Gasteiger charge is -2.31. The van der Waals surface area contributed by atoms with Crippen LogP contribution in [-0.4, -0.2) is 44.0 Å². The number of piperazine rings is 1. The van der Waals surface area contributed by atoms with Gasteiger partial charge in [-0.25, -0.2) is 4.99 Å². The molecular formula is C23H25N3O. The van der Waals surface area contributed by atoms with Gasteiger partial charge in [-0.1, -0.05) is 42.5 Å². The molecule has 4 rings (SSSR count). The first kappa shape index (κ1) is 17.6. The van der Waals surface area contributed by atoms with E-state index in [0.717, 1.165) is 49.0 Å². The maximum atomic E-state index is 5.76. The van der Waals surface area contributed by atoms with E-state index in [9.17, 15) is 0 Å².